The van der Waals surface area contributed by atoms with Gasteiger partial charge in [-0.3, -0.25) is 4.79 Å². The van der Waals surface area contributed by atoms with E-state index in [1.54, 1.807) is 0 Å². The van der Waals surface area contributed by atoms with Gasteiger partial charge < -0.3 is 14.4 Å². The molecule has 0 unspecified atom stereocenters. The summed E-state index contributed by atoms with van der Waals surface area (Å²) in [5.74, 6) is 3.84. The van der Waals surface area contributed by atoms with Crippen molar-refractivity contribution in [2.45, 2.75) is 6.42 Å². The highest BCUT2D eigenvalue weighted by atomic mass is 32.2. The fourth-order valence-electron chi connectivity index (χ4n) is 3.25. The van der Waals surface area contributed by atoms with E-state index in [0.29, 0.717) is 11.3 Å². The van der Waals surface area contributed by atoms with Gasteiger partial charge in [-0.1, -0.05) is 30.3 Å². The van der Waals surface area contributed by atoms with Crippen molar-refractivity contribution in [3.8, 4) is 11.5 Å². The maximum Gasteiger partial charge on any atom is 0.231 e. The maximum atomic E-state index is 13.0. The summed E-state index contributed by atoms with van der Waals surface area (Å²) < 4.78 is 11.0. The minimum atomic E-state index is 0.0445. The first-order chi connectivity index (χ1) is 12.3. The minimum Gasteiger partial charge on any atom is -0.454 e. The summed E-state index contributed by atoms with van der Waals surface area (Å²) in [6.45, 7) is 3.44. The lowest BCUT2D eigenvalue weighted by Gasteiger charge is -2.26. The average Bonchev–Trinajstić information content (AvgIpc) is 3.14. The van der Waals surface area contributed by atoms with Crippen LogP contribution < -0.4 is 9.47 Å². The van der Waals surface area contributed by atoms with Gasteiger partial charge in [-0.15, -0.1) is 0 Å². The van der Waals surface area contributed by atoms with Crippen molar-refractivity contribution in [3.05, 3.63) is 59.2 Å². The van der Waals surface area contributed by atoms with Crippen molar-refractivity contribution in [1.29, 1.82) is 0 Å². The molecular weight excluding hydrogens is 334 g/mol. The van der Waals surface area contributed by atoms with E-state index in [1.807, 2.05) is 54.2 Å². The van der Waals surface area contributed by atoms with Crippen LogP contribution in [0.1, 0.15) is 21.5 Å². The van der Waals surface area contributed by atoms with Crippen molar-refractivity contribution >= 4 is 17.5 Å². The highest BCUT2D eigenvalue weighted by Crippen LogP contribution is 2.36. The number of ether oxygens (including phenoxy) is 2. The Kier molecular flexibility index (Phi) is 4.95. The van der Waals surface area contributed by atoms with E-state index in [-0.39, 0.29) is 12.6 Å². The van der Waals surface area contributed by atoms with Gasteiger partial charge in [0.05, 0.1) is 0 Å². The van der Waals surface area contributed by atoms with Gasteiger partial charge in [0.2, 0.25) is 6.79 Å². The van der Waals surface area contributed by atoms with Gasteiger partial charge in [0.1, 0.15) is 0 Å². The summed E-state index contributed by atoms with van der Waals surface area (Å²) in [6.07, 6.45) is 0.842. The van der Waals surface area contributed by atoms with E-state index in [2.05, 4.69) is 4.90 Å². The molecule has 0 amide bonds. The third-order valence-corrected chi connectivity index (χ3v) is 5.62. The van der Waals surface area contributed by atoms with Gasteiger partial charge in [0, 0.05) is 42.3 Å². The lowest BCUT2D eigenvalue weighted by Crippen LogP contribution is -2.34. The molecule has 130 valence electrons. The third kappa shape index (κ3) is 3.67. The summed E-state index contributed by atoms with van der Waals surface area (Å²) in [5, 5.41) is 0. The molecule has 1 saturated heterocycles. The van der Waals surface area contributed by atoms with Crippen LogP contribution in [0.25, 0.3) is 0 Å². The molecule has 0 saturated carbocycles. The van der Waals surface area contributed by atoms with Crippen molar-refractivity contribution in [2.24, 2.45) is 0 Å². The number of benzene rings is 2. The quantitative estimate of drug-likeness (QED) is 0.770. The molecule has 0 radical (unpaired) electrons. The smallest absolute Gasteiger partial charge is 0.231 e. The zero-order valence-electron chi connectivity index (χ0n) is 14.1. The molecule has 2 heterocycles. The van der Waals surface area contributed by atoms with E-state index in [9.17, 15) is 4.79 Å². The van der Waals surface area contributed by atoms with Crippen molar-refractivity contribution in [1.82, 2.24) is 4.90 Å². The molecule has 0 aliphatic carbocycles. The van der Waals surface area contributed by atoms with Gasteiger partial charge in [-0.05, 0) is 24.1 Å². The number of thioether (sulfide) groups is 1. The van der Waals surface area contributed by atoms with Crippen LogP contribution >= 0.6 is 11.8 Å². The summed E-state index contributed by atoms with van der Waals surface area (Å²) in [4.78, 5) is 15.5. The van der Waals surface area contributed by atoms with E-state index in [1.165, 1.54) is 11.5 Å². The van der Waals surface area contributed by atoms with E-state index in [4.69, 9.17) is 9.47 Å². The summed E-state index contributed by atoms with van der Waals surface area (Å²) >= 11 is 2.01. The highest BCUT2D eigenvalue weighted by molar-refractivity contribution is 7.99. The molecule has 5 heteroatoms. The van der Waals surface area contributed by atoms with Gasteiger partial charge in [0.15, 0.2) is 17.3 Å². The molecular formula is C20H21NO3S. The third-order valence-electron chi connectivity index (χ3n) is 4.68. The Labute approximate surface area is 152 Å². The SMILES string of the molecule is O=C(c1ccccc1)c1cc2c(cc1CCN1CCSCC1)OCO2. The Morgan fingerprint density at radius 2 is 1.76 bits per heavy atom. The Morgan fingerprint density at radius 1 is 1.04 bits per heavy atom. The minimum absolute atomic E-state index is 0.0445. The molecule has 0 atom stereocenters. The number of fused-ring (bicyclic) bond motifs is 1. The molecule has 2 aromatic rings. The van der Waals surface area contributed by atoms with E-state index >= 15 is 0 Å². The fourth-order valence-corrected chi connectivity index (χ4v) is 4.23. The highest BCUT2D eigenvalue weighted by Gasteiger charge is 2.22. The second-order valence-electron chi connectivity index (χ2n) is 6.26. The molecule has 0 spiro atoms. The van der Waals surface area contributed by atoms with E-state index < -0.39 is 0 Å². The number of carbonyl (C=O) groups excluding carboxylic acids is 1. The predicted molar refractivity (Wildman–Crippen MR) is 99.9 cm³/mol. The predicted octanol–water partition coefficient (Wildman–Crippen LogP) is 3.24. The van der Waals surface area contributed by atoms with Crippen LogP contribution in [0, 0.1) is 0 Å². The van der Waals surface area contributed by atoms with Gasteiger partial charge in [0.25, 0.3) is 0 Å². The number of nitrogens with zero attached hydrogens (tertiary/aromatic N) is 1. The Balaban J connectivity index is 1.61. The number of hydrogen-bond donors (Lipinski definition) is 0. The number of ketones is 1. The van der Waals surface area contributed by atoms with Crippen LogP contribution in [0.3, 0.4) is 0 Å². The molecule has 0 N–H and O–H groups in total. The summed E-state index contributed by atoms with van der Waals surface area (Å²) in [5.41, 5.74) is 2.47. The lowest BCUT2D eigenvalue weighted by molar-refractivity contribution is 0.103. The van der Waals surface area contributed by atoms with Gasteiger partial charge in [-0.25, -0.2) is 0 Å². The fraction of sp³-hybridized carbons (Fsp3) is 0.350. The van der Waals surface area contributed by atoms with Crippen molar-refractivity contribution < 1.29 is 14.3 Å². The Hall–Kier alpha value is -1.98. The molecule has 2 aliphatic heterocycles. The lowest BCUT2D eigenvalue weighted by atomic mass is 9.95. The molecule has 0 bridgehead atoms. The van der Waals surface area contributed by atoms with Crippen LogP contribution in [0.2, 0.25) is 0 Å². The average molecular weight is 355 g/mol. The molecule has 0 aromatic heterocycles. The molecule has 4 rings (SSSR count). The Bertz CT molecular complexity index is 757. The molecule has 25 heavy (non-hydrogen) atoms. The Morgan fingerprint density at radius 3 is 2.52 bits per heavy atom. The summed E-state index contributed by atoms with van der Waals surface area (Å²) in [7, 11) is 0. The molecule has 2 aliphatic rings. The number of hydrogen-bond acceptors (Lipinski definition) is 5. The first kappa shape index (κ1) is 16.5. The molecule has 1 fully saturated rings. The van der Waals surface area contributed by atoms with Crippen molar-refractivity contribution in [3.63, 3.8) is 0 Å². The zero-order chi connectivity index (χ0) is 17.1. The monoisotopic (exact) mass is 355 g/mol. The molecule has 4 nitrogen and oxygen atoms in total. The van der Waals surface area contributed by atoms with Crippen LogP contribution in [-0.2, 0) is 6.42 Å². The molecule has 2 aromatic carbocycles. The second kappa shape index (κ2) is 7.50. The maximum absolute atomic E-state index is 13.0. The topological polar surface area (TPSA) is 38.8 Å². The number of carbonyl (C=O) groups is 1. The summed E-state index contributed by atoms with van der Waals surface area (Å²) in [6, 6.07) is 13.3. The number of rotatable bonds is 5. The second-order valence-corrected chi connectivity index (χ2v) is 7.49. The van der Waals surface area contributed by atoms with Crippen LogP contribution in [-0.4, -0.2) is 48.6 Å². The van der Waals surface area contributed by atoms with E-state index in [0.717, 1.165) is 42.9 Å². The largest absolute Gasteiger partial charge is 0.454 e. The van der Waals surface area contributed by atoms with Crippen LogP contribution in [0.15, 0.2) is 42.5 Å². The van der Waals surface area contributed by atoms with Crippen LogP contribution in [0.4, 0.5) is 0 Å². The zero-order valence-corrected chi connectivity index (χ0v) is 14.9. The van der Waals surface area contributed by atoms with Crippen LogP contribution in [0.5, 0.6) is 11.5 Å². The van der Waals surface area contributed by atoms with Gasteiger partial charge in [-0.2, -0.15) is 11.8 Å². The normalized spacial score (nSPS) is 16.8. The van der Waals surface area contributed by atoms with Crippen molar-refractivity contribution in [2.75, 3.05) is 37.9 Å². The standard InChI is InChI=1S/C20H21NO3S/c22-20(15-4-2-1-3-5-15)17-13-19-18(23-14-24-19)12-16(17)6-7-21-8-10-25-11-9-21/h1-5,12-13H,6-11,14H2. The first-order valence-corrected chi connectivity index (χ1v) is 9.79. The van der Waals surface area contributed by atoms with Gasteiger partial charge >= 0.3 is 0 Å². The first-order valence-electron chi connectivity index (χ1n) is 8.63.